The molecule has 1 saturated heterocycles. The maximum atomic E-state index is 5.88. The van der Waals surface area contributed by atoms with E-state index in [-0.39, 0.29) is 0 Å². The number of hydrogen-bond acceptors (Lipinski definition) is 3. The largest absolute Gasteiger partial charge is 0.399 e. The smallest absolute Gasteiger partial charge is 0.109 e. The van der Waals surface area contributed by atoms with Crippen molar-refractivity contribution in [3.63, 3.8) is 0 Å². The van der Waals surface area contributed by atoms with Gasteiger partial charge in [-0.15, -0.1) is 0 Å². The maximum absolute atomic E-state index is 5.88. The number of anilines is 1. The molecule has 4 nitrogen and oxygen atoms in total. The zero-order valence-corrected chi connectivity index (χ0v) is 12.5. The molecule has 0 amide bonds. The van der Waals surface area contributed by atoms with E-state index >= 15 is 0 Å². The van der Waals surface area contributed by atoms with Crippen molar-refractivity contribution < 1.29 is 0 Å². The van der Waals surface area contributed by atoms with Crippen molar-refractivity contribution in [2.24, 2.45) is 5.92 Å². The van der Waals surface area contributed by atoms with E-state index in [1.54, 1.807) is 0 Å². The number of likely N-dealkylation sites (tertiary alicyclic amines) is 1. The van der Waals surface area contributed by atoms with Crippen LogP contribution in [0, 0.1) is 5.92 Å². The number of hydrogen-bond donors (Lipinski definition) is 1. The fourth-order valence-electron chi connectivity index (χ4n) is 3.25. The van der Waals surface area contributed by atoms with Crippen molar-refractivity contribution in [2.75, 3.05) is 25.9 Å². The molecule has 1 atom stereocenters. The van der Waals surface area contributed by atoms with Crippen molar-refractivity contribution in [3.05, 3.63) is 24.0 Å². The second-order valence-corrected chi connectivity index (χ2v) is 6.05. The van der Waals surface area contributed by atoms with Gasteiger partial charge in [-0.25, -0.2) is 4.98 Å². The Kier molecular flexibility index (Phi) is 3.66. The summed E-state index contributed by atoms with van der Waals surface area (Å²) in [6.07, 6.45) is 3.46. The fraction of sp³-hybridized carbons (Fsp3) is 0.562. The summed E-state index contributed by atoms with van der Waals surface area (Å²) >= 11 is 0. The number of aromatic nitrogens is 2. The number of imidazole rings is 1. The highest BCUT2D eigenvalue weighted by molar-refractivity contribution is 5.79. The third-order valence-electron chi connectivity index (χ3n) is 4.25. The van der Waals surface area contributed by atoms with Crippen LogP contribution in [0.5, 0.6) is 0 Å². The first kappa shape index (κ1) is 13.4. The van der Waals surface area contributed by atoms with Gasteiger partial charge in [0.15, 0.2) is 0 Å². The first-order valence-corrected chi connectivity index (χ1v) is 7.60. The minimum Gasteiger partial charge on any atom is -0.399 e. The van der Waals surface area contributed by atoms with Gasteiger partial charge in [0.05, 0.1) is 11.0 Å². The van der Waals surface area contributed by atoms with Crippen LogP contribution in [0.2, 0.25) is 0 Å². The van der Waals surface area contributed by atoms with Crippen LogP contribution in [0.25, 0.3) is 11.0 Å². The van der Waals surface area contributed by atoms with Gasteiger partial charge in [0.2, 0.25) is 0 Å². The molecule has 0 aliphatic carbocycles. The number of aryl methyl sites for hydroxylation is 1. The molecule has 0 radical (unpaired) electrons. The summed E-state index contributed by atoms with van der Waals surface area (Å²) in [6, 6.07) is 6.10. The number of benzene rings is 1. The summed E-state index contributed by atoms with van der Waals surface area (Å²) in [5.41, 5.74) is 8.96. The summed E-state index contributed by atoms with van der Waals surface area (Å²) in [5.74, 6) is 1.95. The van der Waals surface area contributed by atoms with Crippen LogP contribution in [-0.2, 0) is 13.0 Å². The highest BCUT2D eigenvalue weighted by Crippen LogP contribution is 2.24. The molecule has 2 aromatic rings. The Bertz CT molecular complexity index is 602. The first-order valence-electron chi connectivity index (χ1n) is 7.60. The molecule has 108 valence electrons. The minimum atomic E-state index is 0.741. The van der Waals surface area contributed by atoms with Gasteiger partial charge >= 0.3 is 0 Å². The molecule has 1 aromatic heterocycles. The molecule has 20 heavy (non-hydrogen) atoms. The molecule has 2 heterocycles. The Morgan fingerprint density at radius 1 is 1.40 bits per heavy atom. The second kappa shape index (κ2) is 5.44. The van der Waals surface area contributed by atoms with Crippen LogP contribution >= 0.6 is 0 Å². The Balaban J connectivity index is 1.95. The zero-order chi connectivity index (χ0) is 14.1. The lowest BCUT2D eigenvalue weighted by Gasteiger charge is -2.14. The number of rotatable bonds is 4. The monoisotopic (exact) mass is 272 g/mol. The molecule has 4 heteroatoms. The molecule has 0 saturated carbocycles. The Morgan fingerprint density at radius 3 is 2.95 bits per heavy atom. The Labute approximate surface area is 120 Å². The van der Waals surface area contributed by atoms with Gasteiger partial charge in [-0.3, -0.25) is 0 Å². The molecule has 1 fully saturated rings. The molecule has 1 aromatic carbocycles. The molecule has 1 aliphatic rings. The zero-order valence-electron chi connectivity index (χ0n) is 12.5. The molecule has 0 spiro atoms. The third kappa shape index (κ3) is 2.52. The standard InChI is InChI=1S/C16H24N4/c1-3-4-16-18-14-9-13(17)5-6-15(14)20(16)11-12-7-8-19(2)10-12/h5-6,9,12H,3-4,7-8,10-11,17H2,1-2H3. The van der Waals surface area contributed by atoms with Crippen molar-refractivity contribution in [2.45, 2.75) is 32.7 Å². The molecular weight excluding hydrogens is 248 g/mol. The molecule has 3 rings (SSSR count). The van der Waals surface area contributed by atoms with Crippen LogP contribution in [0.4, 0.5) is 5.69 Å². The van der Waals surface area contributed by atoms with Gasteiger partial charge in [0.1, 0.15) is 5.82 Å². The molecular formula is C16H24N4. The summed E-state index contributed by atoms with van der Waals surface area (Å²) < 4.78 is 2.42. The normalized spacial score (nSPS) is 20.0. The van der Waals surface area contributed by atoms with Crippen LogP contribution in [0.3, 0.4) is 0 Å². The summed E-state index contributed by atoms with van der Waals surface area (Å²) in [5, 5.41) is 0. The Morgan fingerprint density at radius 2 is 2.25 bits per heavy atom. The molecule has 0 bridgehead atoms. The number of fused-ring (bicyclic) bond motifs is 1. The Hall–Kier alpha value is -1.55. The summed E-state index contributed by atoms with van der Waals surface area (Å²) in [6.45, 7) is 5.70. The van der Waals surface area contributed by atoms with Gasteiger partial charge in [-0.05, 0) is 50.6 Å². The second-order valence-electron chi connectivity index (χ2n) is 6.05. The minimum absolute atomic E-state index is 0.741. The van der Waals surface area contributed by atoms with Gasteiger partial charge in [-0.1, -0.05) is 6.92 Å². The summed E-state index contributed by atoms with van der Waals surface area (Å²) in [4.78, 5) is 7.21. The average molecular weight is 272 g/mol. The number of nitrogen functional groups attached to an aromatic ring is 1. The van der Waals surface area contributed by atoms with Crippen LogP contribution < -0.4 is 5.73 Å². The van der Waals surface area contributed by atoms with E-state index in [9.17, 15) is 0 Å². The average Bonchev–Trinajstić information content (AvgIpc) is 2.95. The van der Waals surface area contributed by atoms with Crippen molar-refractivity contribution >= 4 is 16.7 Å². The number of nitrogens with zero attached hydrogens (tertiary/aromatic N) is 3. The highest BCUT2D eigenvalue weighted by Gasteiger charge is 2.22. The lowest BCUT2D eigenvalue weighted by molar-refractivity contribution is 0.377. The van der Waals surface area contributed by atoms with Gasteiger partial charge in [-0.2, -0.15) is 0 Å². The molecule has 1 aliphatic heterocycles. The predicted molar refractivity (Wildman–Crippen MR) is 83.7 cm³/mol. The topological polar surface area (TPSA) is 47.1 Å². The highest BCUT2D eigenvalue weighted by atomic mass is 15.1. The summed E-state index contributed by atoms with van der Waals surface area (Å²) in [7, 11) is 2.21. The SMILES string of the molecule is CCCc1nc2cc(N)ccc2n1CC1CCN(C)C1. The third-order valence-corrected chi connectivity index (χ3v) is 4.25. The fourth-order valence-corrected chi connectivity index (χ4v) is 3.25. The lowest BCUT2D eigenvalue weighted by Crippen LogP contribution is -2.18. The van der Waals surface area contributed by atoms with E-state index in [1.807, 2.05) is 12.1 Å². The van der Waals surface area contributed by atoms with Gasteiger partial charge in [0, 0.05) is 25.2 Å². The van der Waals surface area contributed by atoms with Gasteiger partial charge < -0.3 is 15.2 Å². The first-order chi connectivity index (χ1) is 9.67. The van der Waals surface area contributed by atoms with Crippen molar-refractivity contribution in [1.82, 2.24) is 14.5 Å². The van der Waals surface area contributed by atoms with E-state index in [1.165, 1.54) is 30.9 Å². The number of nitrogens with two attached hydrogens (primary N) is 1. The van der Waals surface area contributed by atoms with E-state index in [0.29, 0.717) is 0 Å². The predicted octanol–water partition coefficient (Wildman–Crippen LogP) is 2.52. The van der Waals surface area contributed by atoms with Crippen LogP contribution in [0.15, 0.2) is 18.2 Å². The maximum Gasteiger partial charge on any atom is 0.109 e. The van der Waals surface area contributed by atoms with E-state index in [0.717, 1.165) is 36.5 Å². The van der Waals surface area contributed by atoms with E-state index in [2.05, 4.69) is 29.5 Å². The van der Waals surface area contributed by atoms with E-state index < -0.39 is 0 Å². The van der Waals surface area contributed by atoms with E-state index in [4.69, 9.17) is 10.7 Å². The van der Waals surface area contributed by atoms with Crippen molar-refractivity contribution in [1.29, 1.82) is 0 Å². The quantitative estimate of drug-likeness (QED) is 0.870. The molecule has 1 unspecified atom stereocenters. The lowest BCUT2D eigenvalue weighted by atomic mass is 10.1. The van der Waals surface area contributed by atoms with Crippen LogP contribution in [0.1, 0.15) is 25.6 Å². The van der Waals surface area contributed by atoms with Crippen molar-refractivity contribution in [3.8, 4) is 0 Å². The van der Waals surface area contributed by atoms with Crippen LogP contribution in [-0.4, -0.2) is 34.6 Å². The van der Waals surface area contributed by atoms with Gasteiger partial charge in [0.25, 0.3) is 0 Å². The molecule has 2 N–H and O–H groups in total.